The summed E-state index contributed by atoms with van der Waals surface area (Å²) in [5.41, 5.74) is 0.0206. The normalized spacial score (nSPS) is 35.9. The number of ketones is 1. The molecule has 0 saturated heterocycles. The maximum Gasteiger partial charge on any atom is 0.265 e. The number of fused-ring (bicyclic) bond motifs is 6. The van der Waals surface area contributed by atoms with Gasteiger partial charge in [-0.1, -0.05) is 48.9 Å². The van der Waals surface area contributed by atoms with Gasteiger partial charge in [-0.05, 0) is 36.7 Å². The number of Topliss-reactive ketones (excluding diaryl/α,β-unsaturated/α-hetero) is 1. The van der Waals surface area contributed by atoms with Crippen LogP contribution in [0.5, 0.6) is 0 Å². The van der Waals surface area contributed by atoms with Crippen molar-refractivity contribution in [2.45, 2.75) is 31.8 Å². The molecule has 1 aromatic rings. The topological polar surface area (TPSA) is 60.4 Å². The molecule has 128 valence electrons. The molecule has 5 heteroatoms. The number of benzene rings is 1. The van der Waals surface area contributed by atoms with Crippen molar-refractivity contribution < 1.29 is 17.4 Å². The lowest BCUT2D eigenvalue weighted by Gasteiger charge is -2.51. The molecule has 0 aromatic heterocycles. The Balaban J connectivity index is 1.86. The highest BCUT2D eigenvalue weighted by atomic mass is 32.2. The summed E-state index contributed by atoms with van der Waals surface area (Å²) in [6.07, 6.45) is 8.12. The van der Waals surface area contributed by atoms with Gasteiger partial charge in [-0.2, -0.15) is 8.42 Å². The van der Waals surface area contributed by atoms with Crippen LogP contribution < -0.4 is 0 Å². The Morgan fingerprint density at radius 2 is 1.96 bits per heavy atom. The SMILES string of the molecule is CS(=O)(=O)O[C@@H](c1ccccc1)[C@]12CCC[C@H](C1=O)[C@@H]1C=C[C@H]2C1. The Hall–Kier alpha value is -1.46. The molecule has 3 aliphatic rings. The van der Waals surface area contributed by atoms with Gasteiger partial charge in [-0.25, -0.2) is 0 Å². The van der Waals surface area contributed by atoms with Gasteiger partial charge in [0, 0.05) is 5.92 Å². The van der Waals surface area contributed by atoms with E-state index in [-0.39, 0.29) is 17.6 Å². The largest absolute Gasteiger partial charge is 0.299 e. The lowest BCUT2D eigenvalue weighted by atomic mass is 9.52. The number of hydrogen-bond donors (Lipinski definition) is 0. The van der Waals surface area contributed by atoms with Gasteiger partial charge in [0.25, 0.3) is 10.1 Å². The zero-order valence-corrected chi connectivity index (χ0v) is 14.5. The lowest BCUT2D eigenvalue weighted by Crippen LogP contribution is -2.53. The van der Waals surface area contributed by atoms with Crippen LogP contribution in [0.1, 0.15) is 37.4 Å². The number of carbonyl (C=O) groups excluding carboxylic acids is 1. The molecule has 0 unspecified atom stereocenters. The van der Waals surface area contributed by atoms with Gasteiger partial charge in [-0.3, -0.25) is 8.98 Å². The fourth-order valence-corrected chi connectivity index (χ4v) is 5.73. The molecule has 2 saturated carbocycles. The fraction of sp³-hybridized carbons (Fsp3) is 0.526. The second kappa shape index (κ2) is 5.53. The monoisotopic (exact) mass is 346 g/mol. The molecule has 5 atom stereocenters. The first-order chi connectivity index (χ1) is 11.4. The predicted octanol–water partition coefficient (Wildman–Crippen LogP) is 3.27. The molecule has 0 heterocycles. The molecule has 0 N–H and O–H groups in total. The Bertz CT molecular complexity index is 783. The van der Waals surface area contributed by atoms with E-state index in [1.807, 2.05) is 30.3 Å². The van der Waals surface area contributed by atoms with Gasteiger partial charge in [0.2, 0.25) is 0 Å². The minimum Gasteiger partial charge on any atom is -0.299 e. The summed E-state index contributed by atoms with van der Waals surface area (Å²) in [6.45, 7) is 0. The van der Waals surface area contributed by atoms with Crippen molar-refractivity contribution in [1.29, 1.82) is 0 Å². The smallest absolute Gasteiger partial charge is 0.265 e. The molecule has 4 nitrogen and oxygen atoms in total. The van der Waals surface area contributed by atoms with Gasteiger partial charge in [0.15, 0.2) is 0 Å². The van der Waals surface area contributed by atoms with E-state index in [9.17, 15) is 13.2 Å². The van der Waals surface area contributed by atoms with Crippen LogP contribution in [0.15, 0.2) is 42.5 Å². The third-order valence-corrected chi connectivity index (χ3v) is 6.58. The van der Waals surface area contributed by atoms with Gasteiger partial charge >= 0.3 is 0 Å². The number of carbonyl (C=O) groups is 1. The molecular weight excluding hydrogens is 324 g/mol. The van der Waals surface area contributed by atoms with Crippen molar-refractivity contribution in [1.82, 2.24) is 0 Å². The minimum absolute atomic E-state index is 0.0168. The Kier molecular flexibility index (Phi) is 3.69. The Labute approximate surface area is 143 Å². The van der Waals surface area contributed by atoms with Gasteiger partial charge in [-0.15, -0.1) is 0 Å². The average Bonchev–Trinajstić information content (AvgIpc) is 3.00. The van der Waals surface area contributed by atoms with E-state index in [2.05, 4.69) is 12.2 Å². The van der Waals surface area contributed by atoms with Crippen LogP contribution in [-0.2, 0) is 19.1 Å². The summed E-state index contributed by atoms with van der Waals surface area (Å²) in [5, 5.41) is 0. The van der Waals surface area contributed by atoms with Crippen molar-refractivity contribution in [3.8, 4) is 0 Å². The first-order valence-electron chi connectivity index (χ1n) is 8.58. The van der Waals surface area contributed by atoms with Crippen LogP contribution in [0.4, 0.5) is 0 Å². The lowest BCUT2D eigenvalue weighted by molar-refractivity contribution is -0.155. The van der Waals surface area contributed by atoms with Crippen molar-refractivity contribution in [3.63, 3.8) is 0 Å². The number of rotatable bonds is 4. The van der Waals surface area contributed by atoms with E-state index >= 15 is 0 Å². The zero-order valence-electron chi connectivity index (χ0n) is 13.7. The molecule has 1 aromatic carbocycles. The quantitative estimate of drug-likeness (QED) is 0.620. The second-order valence-electron chi connectivity index (χ2n) is 7.39. The predicted molar refractivity (Wildman–Crippen MR) is 90.6 cm³/mol. The molecule has 3 aliphatic carbocycles. The van der Waals surface area contributed by atoms with Crippen LogP contribution in [0.2, 0.25) is 0 Å². The Morgan fingerprint density at radius 3 is 2.67 bits per heavy atom. The van der Waals surface area contributed by atoms with E-state index < -0.39 is 21.6 Å². The number of allylic oxidation sites excluding steroid dienone is 2. The highest BCUT2D eigenvalue weighted by molar-refractivity contribution is 7.86. The highest BCUT2D eigenvalue weighted by Crippen LogP contribution is 2.61. The summed E-state index contributed by atoms with van der Waals surface area (Å²) in [7, 11) is -3.68. The molecule has 4 bridgehead atoms. The summed E-state index contributed by atoms with van der Waals surface area (Å²) >= 11 is 0. The maximum atomic E-state index is 13.4. The molecular formula is C19H22O4S. The first-order valence-corrected chi connectivity index (χ1v) is 10.4. The minimum atomic E-state index is -3.68. The highest BCUT2D eigenvalue weighted by Gasteiger charge is 2.61. The van der Waals surface area contributed by atoms with Crippen molar-refractivity contribution >= 4 is 15.9 Å². The third-order valence-electron chi connectivity index (χ3n) is 6.04. The van der Waals surface area contributed by atoms with Crippen LogP contribution in [0, 0.1) is 23.2 Å². The standard InChI is InChI=1S/C19H22O4S/c1-24(21,22)23-18(13-6-3-2-4-7-13)19-11-5-8-16(17(19)20)14-9-10-15(19)12-14/h2-4,6-7,9-10,14-16,18H,5,8,11-12H2,1H3/t14-,15+,16+,18+,19+/m1/s1. The van der Waals surface area contributed by atoms with Crippen LogP contribution in [0.25, 0.3) is 0 Å². The van der Waals surface area contributed by atoms with Crippen LogP contribution in [-0.4, -0.2) is 20.5 Å². The molecule has 0 spiro atoms. The molecule has 0 aliphatic heterocycles. The fourth-order valence-electron chi connectivity index (χ4n) is 5.09. The van der Waals surface area contributed by atoms with E-state index in [1.165, 1.54) is 0 Å². The van der Waals surface area contributed by atoms with E-state index in [1.54, 1.807) is 0 Å². The summed E-state index contributed by atoms with van der Waals surface area (Å²) < 4.78 is 29.5. The van der Waals surface area contributed by atoms with Crippen LogP contribution in [0.3, 0.4) is 0 Å². The second-order valence-corrected chi connectivity index (χ2v) is 8.99. The maximum absolute atomic E-state index is 13.4. The average molecular weight is 346 g/mol. The van der Waals surface area contributed by atoms with E-state index in [0.29, 0.717) is 12.3 Å². The molecule has 24 heavy (non-hydrogen) atoms. The van der Waals surface area contributed by atoms with Gasteiger partial charge in [0.1, 0.15) is 11.9 Å². The molecule has 4 rings (SSSR count). The van der Waals surface area contributed by atoms with Crippen molar-refractivity contribution in [2.75, 3.05) is 6.26 Å². The van der Waals surface area contributed by atoms with Crippen LogP contribution >= 0.6 is 0 Å². The van der Waals surface area contributed by atoms with E-state index in [4.69, 9.17) is 4.18 Å². The summed E-state index contributed by atoms with van der Waals surface area (Å²) in [5.74, 6) is 0.615. The van der Waals surface area contributed by atoms with Crippen molar-refractivity contribution in [3.05, 3.63) is 48.0 Å². The Morgan fingerprint density at radius 1 is 1.21 bits per heavy atom. The molecule has 2 fully saturated rings. The summed E-state index contributed by atoms with van der Waals surface area (Å²) in [6, 6.07) is 9.35. The zero-order chi connectivity index (χ0) is 16.9. The van der Waals surface area contributed by atoms with Gasteiger partial charge < -0.3 is 0 Å². The molecule has 0 amide bonds. The summed E-state index contributed by atoms with van der Waals surface area (Å²) in [4.78, 5) is 13.4. The number of hydrogen-bond acceptors (Lipinski definition) is 4. The molecule has 0 radical (unpaired) electrons. The van der Waals surface area contributed by atoms with Gasteiger partial charge in [0.05, 0.1) is 11.7 Å². The van der Waals surface area contributed by atoms with Crippen molar-refractivity contribution in [2.24, 2.45) is 23.2 Å². The first kappa shape index (κ1) is 16.0. The van der Waals surface area contributed by atoms with E-state index in [0.717, 1.165) is 31.1 Å². The third kappa shape index (κ3) is 2.37.